The molecule has 2 saturated heterocycles. The number of likely N-dealkylation sites (N-methyl/N-ethyl adjacent to an activating group) is 1. The van der Waals surface area contributed by atoms with E-state index < -0.39 is 85.7 Å². The number of rotatable bonds is 48. The lowest BCUT2D eigenvalue weighted by molar-refractivity contribution is -0.202. The number of hydrogen-bond acceptors (Lipinski definition) is 31. The van der Waals surface area contributed by atoms with Crippen LogP contribution in [0.2, 0.25) is 32.2 Å². The van der Waals surface area contributed by atoms with E-state index in [0.29, 0.717) is 203 Å². The number of aliphatic hydroxyl groups is 3. The summed E-state index contributed by atoms with van der Waals surface area (Å²) in [5.41, 5.74) is 6.58. The van der Waals surface area contributed by atoms with E-state index >= 15 is 9.59 Å². The highest BCUT2D eigenvalue weighted by Crippen LogP contribution is 2.68. The Morgan fingerprint density at radius 3 is 2.17 bits per heavy atom. The van der Waals surface area contributed by atoms with Gasteiger partial charge in [0.05, 0.1) is 130 Å². The van der Waals surface area contributed by atoms with E-state index in [0.717, 1.165) is 50.4 Å². The zero-order valence-electron chi connectivity index (χ0n) is 76.0. The van der Waals surface area contributed by atoms with Crippen LogP contribution < -0.4 is 31.6 Å². The van der Waals surface area contributed by atoms with E-state index in [1.807, 2.05) is 43.3 Å². The van der Waals surface area contributed by atoms with Gasteiger partial charge in [-0.1, -0.05) is 67.6 Å². The molecule has 10 heterocycles. The number of aliphatic hydroxyl groups excluding tert-OH is 1. The molecule has 5 aliphatic heterocycles. The summed E-state index contributed by atoms with van der Waals surface area (Å²) < 4.78 is 55.3. The van der Waals surface area contributed by atoms with E-state index in [-0.39, 0.29) is 85.0 Å². The van der Waals surface area contributed by atoms with Gasteiger partial charge in [-0.25, -0.2) is 29.4 Å². The molecule has 1 unspecified atom stereocenters. The Bertz CT molecular complexity index is 5380. The van der Waals surface area contributed by atoms with E-state index in [1.165, 1.54) is 25.4 Å². The number of unbranched alkanes of at least 4 members (excludes halogenated alkanes) is 1. The summed E-state index contributed by atoms with van der Waals surface area (Å²) in [4.78, 5) is 116. The highest BCUT2D eigenvalue weighted by molar-refractivity contribution is 8.00. The third kappa shape index (κ3) is 21.3. The minimum atomic E-state index is -2.31. The standard InChI is InChI=1S/C92H126N16O19SSi2/c1-10-88(117)48-60-49-91(85(116)120-5,77-68(28-32-106(54-60)58-88)67-19-12-13-20-71(67)99-77)70-46-69-73(47-74(70)119-4)105(3)83-90(69)30-33-107-31-17-29-89(11-2,82(90)107)84(115)92(83,118)75(110)21-14-15-45-129(6,7)127-130(8,9)59-128-87-96-50-61(51-97-87)55-108-56-65(103-104-108)57-126-44-43-125-42-41-124-40-39-123-38-37-122-36-35-121-34-16-18-66(109)26-27-72(81(113)114)100-79(111)62-22-24-63(25-23-62)94-52-64-53-95-78-76(98-64)80(112)102-86(93)101-78/h12-13,17,19-20,22-25,29,46-47,50-51,53,56,60,72,82-84,94,99,115,117-118H,10-11,14-16,18,21,26-28,30-45,48-49,52,54-55,57-59H2,1-9H3,(H,100,111)(H,113,114)(H3,93,95,101,102,112)/t60-,72-,82-,83+,84+,88-,89+,90+,91-,92-/m0/s1. The number of nitrogens with two attached hydrogens (primary N) is 1. The van der Waals surface area contributed by atoms with Crippen molar-refractivity contribution < 1.29 is 86.4 Å². The average Bonchev–Trinajstić information content (AvgIpc) is 1.49. The molecule has 3 aromatic carbocycles. The van der Waals surface area contributed by atoms with Gasteiger partial charge in [-0.3, -0.25) is 38.8 Å². The molecule has 702 valence electrons. The molecule has 1 aliphatic carbocycles. The lowest BCUT2D eigenvalue weighted by Gasteiger charge is -2.63. The maximum atomic E-state index is 15.7. The Morgan fingerprint density at radius 2 is 1.48 bits per heavy atom. The number of para-hydroxylation sites is 1. The molecule has 14 rings (SSSR count). The number of Topliss-reactive ketones (excluding diaryl/α,β-unsaturated/α-hetero) is 2. The normalized spacial score (nSPS) is 23.7. The molecule has 1 amide bonds. The molecule has 1 saturated carbocycles. The number of ether oxygens (including phenoxy) is 8. The predicted molar refractivity (Wildman–Crippen MR) is 493 cm³/mol. The second-order valence-electron chi connectivity index (χ2n) is 36.5. The number of carbonyl (C=O) groups is 5. The second-order valence-corrected chi connectivity index (χ2v) is 46.7. The number of piperidine rings is 1. The molecule has 5 aromatic heterocycles. The van der Waals surface area contributed by atoms with Crippen molar-refractivity contribution in [3.8, 4) is 5.75 Å². The summed E-state index contributed by atoms with van der Waals surface area (Å²) in [6.45, 7) is 21.2. The fraction of sp³-hybridized carbons (Fsp3) is 0.576. The molecule has 8 aromatic rings. The molecule has 38 heteroatoms. The summed E-state index contributed by atoms with van der Waals surface area (Å²) in [7, 11) is 0.420. The van der Waals surface area contributed by atoms with Crippen LogP contribution in [0.25, 0.3) is 22.1 Å². The molecule has 3 fully saturated rings. The molecule has 35 nitrogen and oxygen atoms in total. The van der Waals surface area contributed by atoms with Gasteiger partial charge < -0.3 is 88.7 Å². The second kappa shape index (κ2) is 42.2. The first-order valence-corrected chi connectivity index (χ1v) is 52.6. The number of carbonyl (C=O) groups excluding carboxylic acids is 4. The van der Waals surface area contributed by atoms with Gasteiger partial charge in [0.1, 0.15) is 34.8 Å². The minimum absolute atomic E-state index is 0.0279. The summed E-state index contributed by atoms with van der Waals surface area (Å²) in [6.07, 6.45) is 14.6. The number of nitrogens with one attached hydrogen (secondary N) is 4. The summed E-state index contributed by atoms with van der Waals surface area (Å²) in [5.74, 6) is -2.53. The van der Waals surface area contributed by atoms with Gasteiger partial charge in [0.15, 0.2) is 44.3 Å². The van der Waals surface area contributed by atoms with Gasteiger partial charge >= 0.3 is 11.9 Å². The van der Waals surface area contributed by atoms with Gasteiger partial charge in [-0.05, 0) is 150 Å². The van der Waals surface area contributed by atoms with Crippen LogP contribution in [0.15, 0.2) is 108 Å². The van der Waals surface area contributed by atoms with Crippen LogP contribution in [-0.2, 0) is 93.4 Å². The van der Waals surface area contributed by atoms with E-state index in [9.17, 15) is 39.6 Å². The van der Waals surface area contributed by atoms with Crippen molar-refractivity contribution in [2.24, 2.45) is 11.3 Å². The summed E-state index contributed by atoms with van der Waals surface area (Å²) in [5, 5.41) is 65.9. The number of H-pyrrole nitrogens is 2. The van der Waals surface area contributed by atoms with Crippen LogP contribution in [0.1, 0.15) is 141 Å². The minimum Gasteiger partial charge on any atom is -0.496 e. The van der Waals surface area contributed by atoms with Crippen molar-refractivity contribution in [1.29, 1.82) is 0 Å². The lowest BCUT2D eigenvalue weighted by Crippen LogP contribution is -2.80. The first-order valence-electron chi connectivity index (χ1n) is 45.3. The number of esters is 1. The number of carboxylic acid groups (broad SMARTS) is 1. The molecule has 11 atom stereocenters. The van der Waals surface area contributed by atoms with Crippen molar-refractivity contribution in [2.75, 3.05) is 148 Å². The number of aromatic nitrogens is 10. The van der Waals surface area contributed by atoms with Gasteiger partial charge in [0.25, 0.3) is 11.5 Å². The van der Waals surface area contributed by atoms with E-state index in [1.54, 1.807) is 48.1 Å². The number of methoxy groups -OCH3 is 2. The molecular formula is C92H126N16O19SSi2. The number of carboxylic acids is 1. The monoisotopic (exact) mass is 1850 g/mol. The summed E-state index contributed by atoms with van der Waals surface area (Å²) >= 11 is 1.58. The van der Waals surface area contributed by atoms with Gasteiger partial charge in [-0.15, -0.1) is 5.10 Å². The Kier molecular flexibility index (Phi) is 31.4. The summed E-state index contributed by atoms with van der Waals surface area (Å²) in [6, 6.07) is 17.0. The maximum Gasteiger partial charge on any atom is 0.326 e. The number of benzene rings is 3. The Labute approximate surface area is 763 Å². The maximum absolute atomic E-state index is 15.7. The zero-order chi connectivity index (χ0) is 92.2. The molecule has 6 aliphatic rings. The van der Waals surface area contributed by atoms with Crippen molar-refractivity contribution in [3.63, 3.8) is 0 Å². The largest absolute Gasteiger partial charge is 0.496 e. The van der Waals surface area contributed by atoms with Crippen molar-refractivity contribution >= 4 is 97.2 Å². The van der Waals surface area contributed by atoms with Crippen LogP contribution in [0.4, 0.5) is 17.3 Å². The number of aromatic amines is 2. The molecule has 2 bridgehead atoms. The Morgan fingerprint density at radius 1 is 0.769 bits per heavy atom. The number of thioether (sulfide) groups is 1. The number of fused-ring (bicyclic) bond motifs is 7. The number of anilines is 3. The fourth-order valence-corrected chi connectivity index (χ4v) is 31.3. The van der Waals surface area contributed by atoms with Gasteiger partial charge in [0.2, 0.25) is 5.95 Å². The average molecular weight is 1850 g/mol. The van der Waals surface area contributed by atoms with Gasteiger partial charge in [0, 0.05) is 144 Å². The first kappa shape index (κ1) is 96.7. The van der Waals surface area contributed by atoms with Crippen LogP contribution >= 0.6 is 11.8 Å². The van der Waals surface area contributed by atoms with Crippen molar-refractivity contribution in [3.05, 3.63) is 153 Å². The quantitative estimate of drug-likeness (QED) is 0.00435. The topological polar surface area (TPSA) is 453 Å². The SMILES string of the molecule is CC[C@]1(O)C[C@@H]2CN(CCc3c([nH]c4ccccc34)[C@@](C(=O)OC)(c3cc4c(cc3OC)N(C)[C@H]3[C@@](O)(C(=O)CCCC[Si](C)(C)O[Si](C)(C)CSc5ncc(Cn6cc(COCCOCCOCCOCCOCCOCCCC(=O)CC[C@H](NC(=O)c7ccc(NCc8cnc9nc(N)[nH]c(=O)c9n8)cc7)C(=O)O)nn6)cn5)[C@H](O)[C@]5(CC)C=CCN6CC[C@]43[C@@H]65)C2)C1. The fourth-order valence-electron chi connectivity index (χ4n) is 20.9. The van der Waals surface area contributed by atoms with Crippen LogP contribution in [0, 0.1) is 11.3 Å². The van der Waals surface area contributed by atoms with E-state index in [4.69, 9.17) is 57.7 Å². The molecule has 10 N–H and O–H groups in total. The predicted octanol–water partition coefficient (Wildman–Crippen LogP) is 8.01. The first-order chi connectivity index (χ1) is 62.5. The van der Waals surface area contributed by atoms with Crippen LogP contribution in [0.5, 0.6) is 5.75 Å². The van der Waals surface area contributed by atoms with Crippen molar-refractivity contribution in [1.82, 2.24) is 65.0 Å². The lowest BCUT2D eigenvalue weighted by atomic mass is 9.47. The molecule has 130 heavy (non-hydrogen) atoms. The Hall–Kier alpha value is -9.37. The van der Waals surface area contributed by atoms with E-state index in [2.05, 4.69) is 119 Å². The number of aliphatic carboxylic acids is 1. The number of nitrogen functional groups attached to an aromatic ring is 1. The third-order valence-electron chi connectivity index (χ3n) is 26.7. The number of nitrogens with zero attached hydrogens (tertiary/aromatic N) is 11. The number of amides is 1. The smallest absolute Gasteiger partial charge is 0.326 e. The highest BCUT2D eigenvalue weighted by atomic mass is 32.2. The van der Waals surface area contributed by atoms with Gasteiger partial charge in [-0.2, -0.15) is 4.98 Å². The highest BCUT2D eigenvalue weighted by Gasteiger charge is 2.78. The Balaban J connectivity index is 0.459. The number of ketones is 2. The third-order valence-corrected chi connectivity index (χ3v) is 36.5. The zero-order valence-corrected chi connectivity index (χ0v) is 78.8. The molecular weight excluding hydrogens is 1720 g/mol. The van der Waals surface area contributed by atoms with Crippen LogP contribution in [0.3, 0.4) is 0 Å². The van der Waals surface area contributed by atoms with Crippen molar-refractivity contribution in [2.45, 2.75) is 201 Å². The van der Waals surface area contributed by atoms with Crippen LogP contribution in [-0.4, -0.2) is 294 Å². The molecule has 0 radical (unpaired) electrons. The molecule has 1 spiro atoms. The number of hydrogen-bond donors (Lipinski definition) is 9.